The zero-order chi connectivity index (χ0) is 10.8. The lowest BCUT2D eigenvalue weighted by molar-refractivity contribution is -0.115. The first-order chi connectivity index (χ1) is 7.15. The Morgan fingerprint density at radius 3 is 2.93 bits per heavy atom. The van der Waals surface area contributed by atoms with Gasteiger partial charge >= 0.3 is 0 Å². The molecule has 0 radical (unpaired) electrons. The highest BCUT2D eigenvalue weighted by molar-refractivity contribution is 8.14. The molecule has 2 aliphatic rings. The monoisotopic (exact) mass is 228 g/mol. The van der Waals surface area contributed by atoms with E-state index >= 15 is 0 Å². The Bertz CT molecular complexity index is 293. The largest absolute Gasteiger partial charge is 0.374 e. The van der Waals surface area contributed by atoms with Gasteiger partial charge in [0.1, 0.15) is 0 Å². The van der Waals surface area contributed by atoms with Gasteiger partial charge in [0.15, 0.2) is 5.17 Å². The number of rotatable bonds is 0. The van der Waals surface area contributed by atoms with Crippen LogP contribution < -0.4 is 0 Å². The minimum absolute atomic E-state index is 0.0131. The van der Waals surface area contributed by atoms with Gasteiger partial charge < -0.3 is 9.64 Å². The number of thioether (sulfide) groups is 1. The molecule has 4 nitrogen and oxygen atoms in total. The fourth-order valence-corrected chi connectivity index (χ4v) is 2.71. The molecule has 0 N–H and O–H groups in total. The molecule has 84 valence electrons. The van der Waals surface area contributed by atoms with E-state index in [0.29, 0.717) is 11.9 Å². The van der Waals surface area contributed by atoms with Gasteiger partial charge in [-0.15, -0.1) is 0 Å². The molecular weight excluding hydrogens is 212 g/mol. The molecule has 2 rings (SSSR count). The highest BCUT2D eigenvalue weighted by Gasteiger charge is 2.25. The van der Waals surface area contributed by atoms with Crippen molar-refractivity contribution in [1.82, 2.24) is 4.90 Å². The molecule has 1 fully saturated rings. The summed E-state index contributed by atoms with van der Waals surface area (Å²) in [4.78, 5) is 17.3. The van der Waals surface area contributed by atoms with E-state index in [4.69, 9.17) is 4.74 Å². The van der Waals surface area contributed by atoms with E-state index in [1.807, 2.05) is 0 Å². The van der Waals surface area contributed by atoms with Crippen molar-refractivity contribution < 1.29 is 9.53 Å². The van der Waals surface area contributed by atoms with E-state index in [0.717, 1.165) is 24.7 Å². The van der Waals surface area contributed by atoms with Gasteiger partial charge in [0.2, 0.25) is 0 Å². The van der Waals surface area contributed by atoms with E-state index < -0.39 is 0 Å². The molecule has 1 amide bonds. The zero-order valence-electron chi connectivity index (χ0n) is 9.10. The average molecular weight is 228 g/mol. The number of carbonyl (C=O) groups excluding carboxylic acids is 1. The van der Waals surface area contributed by atoms with Gasteiger partial charge in [0, 0.05) is 13.1 Å². The first-order valence-electron chi connectivity index (χ1n) is 5.30. The van der Waals surface area contributed by atoms with Crippen LogP contribution in [0.25, 0.3) is 0 Å². The normalized spacial score (nSPS) is 32.8. The summed E-state index contributed by atoms with van der Waals surface area (Å²) in [6, 6.07) is 0. The summed E-state index contributed by atoms with van der Waals surface area (Å²) in [7, 11) is 0. The van der Waals surface area contributed by atoms with Crippen LogP contribution in [-0.2, 0) is 9.53 Å². The van der Waals surface area contributed by atoms with Crippen LogP contribution in [0.5, 0.6) is 0 Å². The van der Waals surface area contributed by atoms with Gasteiger partial charge in [0.25, 0.3) is 5.91 Å². The SMILES string of the molecule is CC1CCN(C2=NC(=O)CS2)CC(C)O1. The second kappa shape index (κ2) is 4.53. The van der Waals surface area contributed by atoms with Crippen LogP contribution in [0.1, 0.15) is 20.3 Å². The average Bonchev–Trinajstić information content (AvgIpc) is 2.51. The number of carbonyl (C=O) groups is 1. The number of hydrogen-bond acceptors (Lipinski definition) is 4. The summed E-state index contributed by atoms with van der Waals surface area (Å²) in [5, 5.41) is 0.879. The first-order valence-corrected chi connectivity index (χ1v) is 6.28. The third kappa shape index (κ3) is 2.72. The van der Waals surface area contributed by atoms with Gasteiger partial charge in [-0.1, -0.05) is 11.8 Å². The number of amidine groups is 1. The van der Waals surface area contributed by atoms with Gasteiger partial charge in [-0.05, 0) is 20.3 Å². The van der Waals surface area contributed by atoms with Crippen LogP contribution in [-0.4, -0.2) is 47.0 Å². The first kappa shape index (κ1) is 11.0. The molecule has 0 bridgehead atoms. The molecule has 2 unspecified atom stereocenters. The maximum atomic E-state index is 11.1. The van der Waals surface area contributed by atoms with E-state index in [1.165, 1.54) is 0 Å². The molecule has 2 aliphatic heterocycles. The van der Waals surface area contributed by atoms with Crippen molar-refractivity contribution in [2.75, 3.05) is 18.8 Å². The predicted molar refractivity (Wildman–Crippen MR) is 61.1 cm³/mol. The number of nitrogens with zero attached hydrogens (tertiary/aromatic N) is 2. The topological polar surface area (TPSA) is 41.9 Å². The van der Waals surface area contributed by atoms with E-state index in [9.17, 15) is 4.79 Å². The summed E-state index contributed by atoms with van der Waals surface area (Å²) < 4.78 is 5.74. The Balaban J connectivity index is 2.03. The van der Waals surface area contributed by atoms with Gasteiger partial charge in [-0.25, -0.2) is 0 Å². The Labute approximate surface area is 94.1 Å². The van der Waals surface area contributed by atoms with Crippen LogP contribution in [0.15, 0.2) is 4.99 Å². The number of ether oxygens (including phenoxy) is 1. The number of amides is 1. The van der Waals surface area contributed by atoms with E-state index in [1.54, 1.807) is 11.8 Å². The van der Waals surface area contributed by atoms with Gasteiger partial charge in [-0.2, -0.15) is 4.99 Å². The molecule has 0 aromatic carbocycles. The second-order valence-corrected chi connectivity index (χ2v) is 5.01. The quantitative estimate of drug-likeness (QED) is 0.623. The Kier molecular flexibility index (Phi) is 3.31. The minimum atomic E-state index is -0.0131. The molecular formula is C10H16N2O2S. The third-order valence-corrected chi connectivity index (χ3v) is 3.56. The predicted octanol–water partition coefficient (Wildman–Crippen LogP) is 1.12. The van der Waals surface area contributed by atoms with Gasteiger partial charge in [0.05, 0.1) is 18.0 Å². The molecule has 1 saturated heterocycles. The number of aliphatic imine (C=N–C) groups is 1. The summed E-state index contributed by atoms with van der Waals surface area (Å²) in [5.74, 6) is 0.484. The fraction of sp³-hybridized carbons (Fsp3) is 0.800. The molecule has 0 aromatic rings. The van der Waals surface area contributed by atoms with Crippen LogP contribution >= 0.6 is 11.8 Å². The third-order valence-electron chi connectivity index (χ3n) is 2.56. The van der Waals surface area contributed by atoms with Crippen molar-refractivity contribution in [3.8, 4) is 0 Å². The number of hydrogen-bond donors (Lipinski definition) is 0. The summed E-state index contributed by atoms with van der Waals surface area (Å²) in [5.41, 5.74) is 0. The molecule has 0 aromatic heterocycles. The maximum absolute atomic E-state index is 11.1. The molecule has 15 heavy (non-hydrogen) atoms. The van der Waals surface area contributed by atoms with Gasteiger partial charge in [-0.3, -0.25) is 4.79 Å². The molecule has 0 saturated carbocycles. The minimum Gasteiger partial charge on any atom is -0.374 e. The Morgan fingerprint density at radius 1 is 1.47 bits per heavy atom. The molecule has 0 aliphatic carbocycles. The van der Waals surface area contributed by atoms with Crippen LogP contribution in [0.4, 0.5) is 0 Å². The van der Waals surface area contributed by atoms with Crippen molar-refractivity contribution in [3.05, 3.63) is 0 Å². The van der Waals surface area contributed by atoms with Crippen molar-refractivity contribution in [2.24, 2.45) is 4.99 Å². The maximum Gasteiger partial charge on any atom is 0.258 e. The summed E-state index contributed by atoms with van der Waals surface area (Å²) >= 11 is 1.54. The zero-order valence-corrected chi connectivity index (χ0v) is 9.92. The highest BCUT2D eigenvalue weighted by atomic mass is 32.2. The molecule has 5 heteroatoms. The molecule has 0 spiro atoms. The lowest BCUT2D eigenvalue weighted by Crippen LogP contribution is -2.33. The molecule has 2 atom stereocenters. The van der Waals surface area contributed by atoms with Crippen molar-refractivity contribution in [2.45, 2.75) is 32.5 Å². The van der Waals surface area contributed by atoms with Crippen LogP contribution in [0.3, 0.4) is 0 Å². The Morgan fingerprint density at radius 2 is 2.27 bits per heavy atom. The summed E-state index contributed by atoms with van der Waals surface area (Å²) in [6.45, 7) is 5.93. The standard InChI is InChI=1S/C10H16N2O2S/c1-7-3-4-12(5-8(2)14-7)10-11-9(13)6-15-10/h7-8H,3-6H2,1-2H3. The summed E-state index contributed by atoms with van der Waals surface area (Å²) in [6.07, 6.45) is 1.51. The molecule has 2 heterocycles. The second-order valence-electron chi connectivity index (χ2n) is 4.07. The smallest absolute Gasteiger partial charge is 0.258 e. The van der Waals surface area contributed by atoms with Crippen LogP contribution in [0, 0.1) is 0 Å². The Hall–Kier alpha value is -0.550. The van der Waals surface area contributed by atoms with E-state index in [-0.39, 0.29) is 12.0 Å². The lowest BCUT2D eigenvalue weighted by atomic mass is 10.3. The van der Waals surface area contributed by atoms with Crippen molar-refractivity contribution in [1.29, 1.82) is 0 Å². The van der Waals surface area contributed by atoms with Crippen molar-refractivity contribution in [3.63, 3.8) is 0 Å². The van der Waals surface area contributed by atoms with Crippen molar-refractivity contribution >= 4 is 22.8 Å². The van der Waals surface area contributed by atoms with E-state index in [2.05, 4.69) is 23.7 Å². The highest BCUT2D eigenvalue weighted by Crippen LogP contribution is 2.20. The lowest BCUT2D eigenvalue weighted by Gasteiger charge is -2.22. The fourth-order valence-electron chi connectivity index (χ4n) is 1.88. The van der Waals surface area contributed by atoms with Crippen LogP contribution in [0.2, 0.25) is 0 Å².